The molecule has 4 heteroatoms. The van der Waals surface area contributed by atoms with E-state index in [1.807, 2.05) is 0 Å². The Hall–Kier alpha value is -1.03. The summed E-state index contributed by atoms with van der Waals surface area (Å²) >= 11 is 1.80. The number of aliphatic imine (C=N–C) groups is 1. The lowest BCUT2D eigenvalue weighted by molar-refractivity contribution is 0.270. The first-order valence-corrected chi connectivity index (χ1v) is 7.07. The van der Waals surface area contributed by atoms with Crippen LogP contribution in [0.25, 0.3) is 0 Å². The number of guanidine groups is 1. The van der Waals surface area contributed by atoms with E-state index in [2.05, 4.69) is 35.9 Å². The summed E-state index contributed by atoms with van der Waals surface area (Å²) in [6.07, 6.45) is 2.55. The second-order valence-corrected chi connectivity index (χ2v) is 6.25. The van der Waals surface area contributed by atoms with Crippen LogP contribution in [0, 0.1) is 12.8 Å². The van der Waals surface area contributed by atoms with Crippen molar-refractivity contribution in [2.24, 2.45) is 16.6 Å². The highest BCUT2D eigenvalue weighted by molar-refractivity contribution is 7.11. The Morgan fingerprint density at radius 1 is 1.59 bits per heavy atom. The molecule has 2 heterocycles. The van der Waals surface area contributed by atoms with Gasteiger partial charge in [-0.3, -0.25) is 0 Å². The highest BCUT2D eigenvalue weighted by Gasteiger charge is 2.17. The van der Waals surface area contributed by atoms with Crippen LogP contribution in [0.3, 0.4) is 0 Å². The van der Waals surface area contributed by atoms with Crippen molar-refractivity contribution in [2.75, 3.05) is 13.1 Å². The maximum atomic E-state index is 6.05. The Morgan fingerprint density at radius 2 is 2.41 bits per heavy atom. The van der Waals surface area contributed by atoms with Crippen molar-refractivity contribution in [3.63, 3.8) is 0 Å². The third-order valence-corrected chi connectivity index (χ3v) is 4.16. The van der Waals surface area contributed by atoms with Crippen LogP contribution in [0.15, 0.2) is 17.1 Å². The molecular formula is C13H21N3S. The number of likely N-dealkylation sites (tertiary alicyclic amines) is 1. The Kier molecular flexibility index (Phi) is 4.05. The zero-order chi connectivity index (χ0) is 12.3. The Labute approximate surface area is 107 Å². The van der Waals surface area contributed by atoms with Crippen LogP contribution in [-0.2, 0) is 6.54 Å². The molecule has 0 radical (unpaired) electrons. The summed E-state index contributed by atoms with van der Waals surface area (Å²) in [6, 6.07) is 4.27. The molecule has 94 valence electrons. The van der Waals surface area contributed by atoms with Crippen molar-refractivity contribution in [2.45, 2.75) is 33.2 Å². The van der Waals surface area contributed by atoms with Crippen LogP contribution in [0.1, 0.15) is 29.5 Å². The van der Waals surface area contributed by atoms with Gasteiger partial charge >= 0.3 is 0 Å². The predicted octanol–water partition coefficient (Wildman–Crippen LogP) is 2.60. The molecule has 1 fully saturated rings. The van der Waals surface area contributed by atoms with Crippen LogP contribution in [0.2, 0.25) is 0 Å². The number of nitrogens with zero attached hydrogens (tertiary/aromatic N) is 2. The SMILES string of the molecule is Cc1ccc(CN=C(N)N2CCCC(C)C2)s1. The van der Waals surface area contributed by atoms with Crippen LogP contribution >= 0.6 is 11.3 Å². The zero-order valence-electron chi connectivity index (χ0n) is 10.6. The average molecular weight is 251 g/mol. The van der Waals surface area contributed by atoms with E-state index >= 15 is 0 Å². The van der Waals surface area contributed by atoms with Gasteiger partial charge in [-0.25, -0.2) is 4.99 Å². The van der Waals surface area contributed by atoms with E-state index < -0.39 is 0 Å². The fraction of sp³-hybridized carbons (Fsp3) is 0.615. The standard InChI is InChI=1S/C13H21N3S/c1-10-4-3-7-16(9-10)13(14)15-8-12-6-5-11(2)17-12/h5-6,10H,3-4,7-9H2,1-2H3,(H2,14,15). The maximum Gasteiger partial charge on any atom is 0.191 e. The number of aryl methyl sites for hydroxylation is 1. The summed E-state index contributed by atoms with van der Waals surface area (Å²) in [6.45, 7) is 7.23. The molecule has 2 rings (SSSR count). The van der Waals surface area contributed by atoms with Crippen LogP contribution in [0.5, 0.6) is 0 Å². The molecule has 0 amide bonds. The number of nitrogens with two attached hydrogens (primary N) is 1. The second-order valence-electron chi connectivity index (χ2n) is 4.88. The summed E-state index contributed by atoms with van der Waals surface area (Å²) < 4.78 is 0. The monoisotopic (exact) mass is 251 g/mol. The van der Waals surface area contributed by atoms with E-state index in [0.29, 0.717) is 5.96 Å². The van der Waals surface area contributed by atoms with Gasteiger partial charge in [0.1, 0.15) is 0 Å². The molecule has 1 saturated heterocycles. The molecular weight excluding hydrogens is 230 g/mol. The summed E-state index contributed by atoms with van der Waals surface area (Å²) in [5, 5.41) is 0. The topological polar surface area (TPSA) is 41.6 Å². The van der Waals surface area contributed by atoms with E-state index in [-0.39, 0.29) is 0 Å². The Balaban J connectivity index is 1.92. The molecule has 1 aromatic heterocycles. The van der Waals surface area contributed by atoms with Crippen molar-refractivity contribution in [3.8, 4) is 0 Å². The van der Waals surface area contributed by atoms with E-state index in [1.54, 1.807) is 11.3 Å². The molecule has 17 heavy (non-hydrogen) atoms. The smallest absolute Gasteiger partial charge is 0.191 e. The van der Waals surface area contributed by atoms with Gasteiger partial charge in [-0.1, -0.05) is 6.92 Å². The Morgan fingerprint density at radius 3 is 3.06 bits per heavy atom. The van der Waals surface area contributed by atoms with Crippen molar-refractivity contribution in [1.82, 2.24) is 4.90 Å². The molecule has 0 saturated carbocycles. The molecule has 0 aromatic carbocycles. The summed E-state index contributed by atoms with van der Waals surface area (Å²) in [7, 11) is 0. The highest BCUT2D eigenvalue weighted by Crippen LogP contribution is 2.17. The number of hydrogen-bond donors (Lipinski definition) is 1. The van der Waals surface area contributed by atoms with Crippen molar-refractivity contribution in [1.29, 1.82) is 0 Å². The number of hydrogen-bond acceptors (Lipinski definition) is 2. The molecule has 0 spiro atoms. The van der Waals surface area contributed by atoms with E-state index in [4.69, 9.17) is 5.73 Å². The van der Waals surface area contributed by atoms with E-state index in [0.717, 1.165) is 25.6 Å². The average Bonchev–Trinajstić information content (AvgIpc) is 2.72. The van der Waals surface area contributed by atoms with Crippen LogP contribution < -0.4 is 5.73 Å². The van der Waals surface area contributed by atoms with Gasteiger partial charge in [0.15, 0.2) is 5.96 Å². The minimum Gasteiger partial charge on any atom is -0.370 e. The normalized spacial score (nSPS) is 21.9. The predicted molar refractivity (Wildman–Crippen MR) is 74.4 cm³/mol. The largest absolute Gasteiger partial charge is 0.370 e. The molecule has 1 unspecified atom stereocenters. The molecule has 1 aromatic rings. The van der Waals surface area contributed by atoms with Gasteiger partial charge in [0.2, 0.25) is 0 Å². The lowest BCUT2D eigenvalue weighted by Crippen LogP contribution is -2.43. The first-order chi connectivity index (χ1) is 8.15. The lowest BCUT2D eigenvalue weighted by atomic mass is 10.0. The number of rotatable bonds is 2. The number of piperidine rings is 1. The molecule has 0 aliphatic carbocycles. The molecule has 3 nitrogen and oxygen atoms in total. The van der Waals surface area contributed by atoms with E-state index in [1.165, 1.54) is 22.6 Å². The van der Waals surface area contributed by atoms with Gasteiger partial charge in [-0.05, 0) is 37.8 Å². The maximum absolute atomic E-state index is 6.05. The quantitative estimate of drug-likeness (QED) is 0.648. The van der Waals surface area contributed by atoms with Crippen molar-refractivity contribution < 1.29 is 0 Å². The molecule has 2 N–H and O–H groups in total. The minimum absolute atomic E-state index is 0.711. The van der Waals surface area contributed by atoms with Gasteiger partial charge in [-0.2, -0.15) is 0 Å². The van der Waals surface area contributed by atoms with E-state index in [9.17, 15) is 0 Å². The summed E-state index contributed by atoms with van der Waals surface area (Å²) in [5.74, 6) is 1.45. The van der Waals surface area contributed by atoms with Gasteiger partial charge in [-0.15, -0.1) is 11.3 Å². The molecule has 1 aliphatic rings. The molecule has 1 atom stereocenters. The minimum atomic E-state index is 0.711. The van der Waals surface area contributed by atoms with Crippen LogP contribution in [-0.4, -0.2) is 23.9 Å². The third-order valence-electron chi connectivity index (χ3n) is 3.17. The zero-order valence-corrected chi connectivity index (χ0v) is 11.5. The third kappa shape index (κ3) is 3.46. The fourth-order valence-electron chi connectivity index (χ4n) is 2.23. The number of thiophene rings is 1. The first kappa shape index (κ1) is 12.4. The van der Waals surface area contributed by atoms with Crippen molar-refractivity contribution >= 4 is 17.3 Å². The summed E-state index contributed by atoms with van der Waals surface area (Å²) in [4.78, 5) is 9.33. The summed E-state index contributed by atoms with van der Waals surface area (Å²) in [5.41, 5.74) is 6.05. The van der Waals surface area contributed by atoms with Crippen molar-refractivity contribution in [3.05, 3.63) is 21.9 Å². The van der Waals surface area contributed by atoms with Gasteiger partial charge in [0.25, 0.3) is 0 Å². The first-order valence-electron chi connectivity index (χ1n) is 6.25. The molecule has 1 aliphatic heterocycles. The second kappa shape index (κ2) is 5.54. The lowest BCUT2D eigenvalue weighted by Gasteiger charge is -2.31. The Bertz CT molecular complexity index is 397. The van der Waals surface area contributed by atoms with Gasteiger partial charge in [0.05, 0.1) is 6.54 Å². The van der Waals surface area contributed by atoms with Crippen LogP contribution in [0.4, 0.5) is 0 Å². The fourth-order valence-corrected chi connectivity index (χ4v) is 3.04. The van der Waals surface area contributed by atoms with Gasteiger partial charge in [0, 0.05) is 22.8 Å². The van der Waals surface area contributed by atoms with Gasteiger partial charge < -0.3 is 10.6 Å². The molecule has 0 bridgehead atoms. The highest BCUT2D eigenvalue weighted by atomic mass is 32.1.